The summed E-state index contributed by atoms with van der Waals surface area (Å²) < 4.78 is 0. The Morgan fingerprint density at radius 1 is 1.45 bits per heavy atom. The molecule has 66 valence electrons. The molecule has 0 atom stereocenters. The first kappa shape index (κ1) is 9.40. The van der Waals surface area contributed by atoms with Gasteiger partial charge in [-0.05, 0) is 36.5 Å². The summed E-state index contributed by atoms with van der Waals surface area (Å²) in [5.74, 6) is 3.41. The van der Waals surface area contributed by atoms with Crippen molar-refractivity contribution in [3.05, 3.63) is 0 Å². The molecule has 0 unspecified atom stereocenters. The van der Waals surface area contributed by atoms with Gasteiger partial charge in [0.1, 0.15) is 0 Å². The maximum Gasteiger partial charge on any atom is 0.000138 e. The summed E-state index contributed by atoms with van der Waals surface area (Å²) in [6.07, 6.45) is 2.74. The van der Waals surface area contributed by atoms with Crippen LogP contribution in [0.1, 0.15) is 26.7 Å². The molecule has 0 saturated heterocycles. The lowest BCUT2D eigenvalue weighted by Gasteiger charge is -2.12. The number of hydrogen-bond donors (Lipinski definition) is 1. The van der Waals surface area contributed by atoms with E-state index in [4.69, 9.17) is 5.73 Å². The molecule has 1 saturated carbocycles. The molecule has 0 amide bonds. The molecule has 0 aromatic carbocycles. The highest BCUT2D eigenvalue weighted by atomic mass is 32.2. The molecule has 1 fully saturated rings. The summed E-state index contributed by atoms with van der Waals surface area (Å²) in [5, 5.41) is 0. The van der Waals surface area contributed by atoms with Gasteiger partial charge in [-0.1, -0.05) is 13.8 Å². The van der Waals surface area contributed by atoms with Crippen LogP contribution in [0.15, 0.2) is 0 Å². The lowest BCUT2D eigenvalue weighted by molar-refractivity contribution is 0.599. The second-order valence-corrected chi connectivity index (χ2v) is 5.14. The maximum atomic E-state index is 5.67. The Morgan fingerprint density at radius 2 is 2.09 bits per heavy atom. The molecular weight excluding hydrogens is 154 g/mol. The Morgan fingerprint density at radius 3 is 2.45 bits per heavy atom. The van der Waals surface area contributed by atoms with Gasteiger partial charge in [0.05, 0.1) is 0 Å². The van der Waals surface area contributed by atoms with Crippen molar-refractivity contribution >= 4 is 11.8 Å². The number of nitrogens with two attached hydrogens (primary N) is 1. The predicted molar refractivity (Wildman–Crippen MR) is 52.9 cm³/mol. The Labute approximate surface area is 74.1 Å². The molecule has 11 heavy (non-hydrogen) atoms. The molecule has 1 rings (SSSR count). The molecule has 0 bridgehead atoms. The Hall–Kier alpha value is 0.310. The molecule has 0 aromatic rings. The summed E-state index contributed by atoms with van der Waals surface area (Å²) in [5.41, 5.74) is 6.24. The third-order valence-electron chi connectivity index (χ3n) is 2.25. The van der Waals surface area contributed by atoms with E-state index in [9.17, 15) is 0 Å². The van der Waals surface area contributed by atoms with Gasteiger partial charge < -0.3 is 5.73 Å². The van der Waals surface area contributed by atoms with Crippen LogP contribution in [0, 0.1) is 11.3 Å². The third-order valence-corrected chi connectivity index (χ3v) is 3.97. The van der Waals surface area contributed by atoms with Crippen LogP contribution < -0.4 is 5.73 Å². The smallest absolute Gasteiger partial charge is 0.000138 e. The van der Waals surface area contributed by atoms with Gasteiger partial charge in [-0.3, -0.25) is 0 Å². The van der Waals surface area contributed by atoms with Crippen molar-refractivity contribution in [3.8, 4) is 0 Å². The zero-order chi connectivity index (χ0) is 8.32. The van der Waals surface area contributed by atoms with Crippen LogP contribution in [0.4, 0.5) is 0 Å². The lowest BCUT2D eigenvalue weighted by atomic mass is 10.1. The summed E-state index contributed by atoms with van der Waals surface area (Å²) in [4.78, 5) is 0. The monoisotopic (exact) mass is 173 g/mol. The fraction of sp³-hybridized carbons (Fsp3) is 1.00. The topological polar surface area (TPSA) is 26.0 Å². The minimum absolute atomic E-state index is 0.569. The third kappa shape index (κ3) is 3.04. The quantitative estimate of drug-likeness (QED) is 0.689. The van der Waals surface area contributed by atoms with Crippen LogP contribution in [0.25, 0.3) is 0 Å². The van der Waals surface area contributed by atoms with Gasteiger partial charge in [0.25, 0.3) is 0 Å². The van der Waals surface area contributed by atoms with E-state index in [0.717, 1.165) is 12.5 Å². The Kier molecular flexibility index (Phi) is 3.26. The summed E-state index contributed by atoms with van der Waals surface area (Å²) >= 11 is 2.08. The fourth-order valence-corrected chi connectivity index (χ4v) is 2.52. The number of thioether (sulfide) groups is 1. The molecule has 2 N–H and O–H groups in total. The zero-order valence-corrected chi connectivity index (χ0v) is 8.41. The van der Waals surface area contributed by atoms with Crippen molar-refractivity contribution in [3.63, 3.8) is 0 Å². The van der Waals surface area contributed by atoms with Crippen molar-refractivity contribution in [2.75, 3.05) is 18.1 Å². The van der Waals surface area contributed by atoms with Gasteiger partial charge in [-0.15, -0.1) is 0 Å². The molecule has 0 aromatic heterocycles. The van der Waals surface area contributed by atoms with E-state index < -0.39 is 0 Å². The van der Waals surface area contributed by atoms with E-state index in [-0.39, 0.29) is 0 Å². The van der Waals surface area contributed by atoms with Gasteiger partial charge in [0.2, 0.25) is 0 Å². The molecule has 0 aliphatic heterocycles. The van der Waals surface area contributed by atoms with Gasteiger partial charge >= 0.3 is 0 Å². The minimum atomic E-state index is 0.569. The summed E-state index contributed by atoms with van der Waals surface area (Å²) in [6, 6.07) is 0. The Bertz CT molecular complexity index is 119. The normalized spacial score (nSPS) is 20.7. The van der Waals surface area contributed by atoms with Crippen molar-refractivity contribution in [1.82, 2.24) is 0 Å². The average molecular weight is 173 g/mol. The second kappa shape index (κ2) is 3.81. The first-order chi connectivity index (χ1) is 5.18. The SMILES string of the molecule is CC(C)CSCC1(CN)CC1. The van der Waals surface area contributed by atoms with Crippen LogP contribution in [0.2, 0.25) is 0 Å². The predicted octanol–water partition coefficient (Wildman–Crippen LogP) is 2.11. The van der Waals surface area contributed by atoms with E-state index in [1.807, 2.05) is 0 Å². The Balaban J connectivity index is 2.03. The van der Waals surface area contributed by atoms with Crippen LogP contribution in [0.5, 0.6) is 0 Å². The highest BCUT2D eigenvalue weighted by molar-refractivity contribution is 7.99. The number of rotatable bonds is 5. The molecule has 2 heteroatoms. The van der Waals surface area contributed by atoms with Gasteiger partial charge in [-0.25, -0.2) is 0 Å². The zero-order valence-electron chi connectivity index (χ0n) is 7.60. The fourth-order valence-electron chi connectivity index (χ4n) is 1.10. The van der Waals surface area contributed by atoms with Gasteiger partial charge in [0, 0.05) is 5.75 Å². The van der Waals surface area contributed by atoms with Crippen LogP contribution >= 0.6 is 11.8 Å². The second-order valence-electron chi connectivity index (χ2n) is 4.11. The molecule has 0 radical (unpaired) electrons. The first-order valence-electron chi connectivity index (χ1n) is 4.46. The average Bonchev–Trinajstić information content (AvgIpc) is 2.69. The summed E-state index contributed by atoms with van der Waals surface area (Å²) in [7, 11) is 0. The highest BCUT2D eigenvalue weighted by Crippen LogP contribution is 2.47. The largest absolute Gasteiger partial charge is 0.330 e. The van der Waals surface area contributed by atoms with Crippen molar-refractivity contribution in [1.29, 1.82) is 0 Å². The molecule has 1 aliphatic carbocycles. The van der Waals surface area contributed by atoms with Crippen LogP contribution in [0.3, 0.4) is 0 Å². The van der Waals surface area contributed by atoms with E-state index in [1.165, 1.54) is 24.3 Å². The van der Waals surface area contributed by atoms with Gasteiger partial charge in [0.15, 0.2) is 0 Å². The molecule has 1 nitrogen and oxygen atoms in total. The molecule has 0 spiro atoms. The highest BCUT2D eigenvalue weighted by Gasteiger charge is 2.40. The van der Waals surface area contributed by atoms with Crippen molar-refractivity contribution < 1.29 is 0 Å². The van der Waals surface area contributed by atoms with E-state index >= 15 is 0 Å². The van der Waals surface area contributed by atoms with E-state index in [0.29, 0.717) is 5.41 Å². The molecule has 1 aliphatic rings. The van der Waals surface area contributed by atoms with Crippen LogP contribution in [-0.4, -0.2) is 18.1 Å². The molecule has 0 heterocycles. The lowest BCUT2D eigenvalue weighted by Crippen LogP contribution is -2.18. The first-order valence-corrected chi connectivity index (χ1v) is 5.62. The van der Waals surface area contributed by atoms with Gasteiger partial charge in [-0.2, -0.15) is 11.8 Å². The van der Waals surface area contributed by atoms with Crippen molar-refractivity contribution in [2.45, 2.75) is 26.7 Å². The van der Waals surface area contributed by atoms with Crippen LogP contribution in [-0.2, 0) is 0 Å². The van der Waals surface area contributed by atoms with Crippen molar-refractivity contribution in [2.24, 2.45) is 17.1 Å². The van der Waals surface area contributed by atoms with E-state index in [2.05, 4.69) is 25.6 Å². The standard InChI is InChI=1S/C9H19NS/c1-8(2)5-11-7-9(6-10)3-4-9/h8H,3-7,10H2,1-2H3. The number of hydrogen-bond acceptors (Lipinski definition) is 2. The summed E-state index contributed by atoms with van der Waals surface area (Å²) in [6.45, 7) is 5.45. The minimum Gasteiger partial charge on any atom is -0.330 e. The van der Waals surface area contributed by atoms with E-state index in [1.54, 1.807) is 0 Å². The molecular formula is C9H19NS. The maximum absolute atomic E-state index is 5.67.